The third-order valence-corrected chi connectivity index (χ3v) is 6.41. The average molecular weight is 387 g/mol. The maximum Gasteiger partial charge on any atom is 0.328 e. The third-order valence-electron chi connectivity index (χ3n) is 6.41. The molecule has 2 fully saturated rings. The van der Waals surface area contributed by atoms with Crippen LogP contribution in [0, 0.1) is 11.8 Å². The van der Waals surface area contributed by atoms with Gasteiger partial charge >= 0.3 is 5.97 Å². The van der Waals surface area contributed by atoms with Crippen molar-refractivity contribution < 1.29 is 14.3 Å². The molecule has 0 unspecified atom stereocenters. The molecule has 1 aromatic carbocycles. The van der Waals surface area contributed by atoms with E-state index in [1.54, 1.807) is 11.8 Å². The molecule has 0 N–H and O–H groups in total. The number of methoxy groups -OCH3 is 1. The Bertz CT molecular complexity index is 676. The van der Waals surface area contributed by atoms with Gasteiger partial charge in [-0.2, -0.15) is 0 Å². The second-order valence-corrected chi connectivity index (χ2v) is 8.71. The molecule has 2 heterocycles. The lowest BCUT2D eigenvalue weighted by molar-refractivity contribution is -0.153. The Morgan fingerprint density at radius 2 is 1.86 bits per heavy atom. The molecule has 154 valence electrons. The molecule has 0 bridgehead atoms. The molecule has 5 nitrogen and oxygen atoms in total. The maximum absolute atomic E-state index is 13.4. The molecule has 0 aliphatic carbocycles. The van der Waals surface area contributed by atoms with E-state index in [-0.39, 0.29) is 17.9 Å². The number of fused-ring (bicyclic) bond motifs is 1. The zero-order valence-electron chi connectivity index (χ0n) is 17.6. The molecule has 0 aromatic heterocycles. The van der Waals surface area contributed by atoms with Gasteiger partial charge in [-0.05, 0) is 56.6 Å². The van der Waals surface area contributed by atoms with Crippen molar-refractivity contribution in [2.45, 2.75) is 64.6 Å². The van der Waals surface area contributed by atoms with Crippen molar-refractivity contribution in [3.05, 3.63) is 35.9 Å². The summed E-state index contributed by atoms with van der Waals surface area (Å²) in [6.45, 7) is 7.70. The number of hydrogen-bond donors (Lipinski definition) is 0. The molecule has 2 saturated heterocycles. The number of carbonyl (C=O) groups excluding carboxylic acids is 2. The van der Waals surface area contributed by atoms with Gasteiger partial charge in [0.15, 0.2) is 0 Å². The quantitative estimate of drug-likeness (QED) is 0.705. The van der Waals surface area contributed by atoms with E-state index in [2.05, 4.69) is 49.1 Å². The highest BCUT2D eigenvalue weighted by molar-refractivity contribution is 5.87. The maximum atomic E-state index is 13.4. The minimum absolute atomic E-state index is 0.0921. The summed E-state index contributed by atoms with van der Waals surface area (Å²) < 4.78 is 4.92. The van der Waals surface area contributed by atoms with Crippen molar-refractivity contribution in [1.82, 2.24) is 9.80 Å². The van der Waals surface area contributed by atoms with E-state index in [9.17, 15) is 9.59 Å². The van der Waals surface area contributed by atoms with Crippen molar-refractivity contribution in [2.24, 2.45) is 11.8 Å². The molecule has 2 aliphatic heterocycles. The van der Waals surface area contributed by atoms with Gasteiger partial charge in [0.2, 0.25) is 5.91 Å². The molecule has 4 atom stereocenters. The average Bonchev–Trinajstić information content (AvgIpc) is 3.02. The van der Waals surface area contributed by atoms with Crippen molar-refractivity contribution in [3.63, 3.8) is 0 Å². The second kappa shape index (κ2) is 9.08. The van der Waals surface area contributed by atoms with Crippen LogP contribution in [-0.4, -0.2) is 60.0 Å². The van der Waals surface area contributed by atoms with Crippen molar-refractivity contribution in [1.29, 1.82) is 0 Å². The summed E-state index contributed by atoms with van der Waals surface area (Å²) >= 11 is 0. The predicted octanol–water partition coefficient (Wildman–Crippen LogP) is 3.13. The fourth-order valence-corrected chi connectivity index (χ4v) is 4.97. The highest BCUT2D eigenvalue weighted by Crippen LogP contribution is 2.36. The van der Waals surface area contributed by atoms with Crippen LogP contribution in [0.2, 0.25) is 0 Å². The van der Waals surface area contributed by atoms with Gasteiger partial charge in [-0.25, -0.2) is 4.79 Å². The molecular formula is C23H34N2O3. The van der Waals surface area contributed by atoms with Crippen LogP contribution in [0.15, 0.2) is 30.3 Å². The number of rotatable bonds is 6. The first kappa shape index (κ1) is 20.8. The topological polar surface area (TPSA) is 49.9 Å². The molecular weight excluding hydrogens is 352 g/mol. The van der Waals surface area contributed by atoms with Gasteiger partial charge in [-0.15, -0.1) is 0 Å². The standard InChI is InChI=1S/C23H34N2O3/c1-16(2)14-21-22(26)24(17(3)23(27)28-4)13-11-20-19(10-12-25(20)21)15-18-8-6-5-7-9-18/h5-9,16-17,19-21H,10-15H2,1-4H3/t17-,19-,20+,21-/m0/s1. The van der Waals surface area contributed by atoms with Crippen molar-refractivity contribution in [2.75, 3.05) is 20.2 Å². The third kappa shape index (κ3) is 4.40. The fraction of sp³-hybridized carbons (Fsp3) is 0.652. The summed E-state index contributed by atoms with van der Waals surface area (Å²) in [5, 5.41) is 0. The van der Waals surface area contributed by atoms with E-state index in [4.69, 9.17) is 4.74 Å². The molecule has 1 amide bonds. The van der Waals surface area contributed by atoms with Crippen LogP contribution in [0.4, 0.5) is 0 Å². The van der Waals surface area contributed by atoms with Gasteiger partial charge in [-0.1, -0.05) is 44.2 Å². The van der Waals surface area contributed by atoms with Gasteiger partial charge in [-0.3, -0.25) is 9.69 Å². The predicted molar refractivity (Wildman–Crippen MR) is 110 cm³/mol. The van der Waals surface area contributed by atoms with E-state index in [1.165, 1.54) is 12.7 Å². The Labute approximate surface area is 169 Å². The van der Waals surface area contributed by atoms with Crippen LogP contribution in [0.1, 0.15) is 45.6 Å². The fourth-order valence-electron chi connectivity index (χ4n) is 4.97. The zero-order chi connectivity index (χ0) is 20.3. The molecule has 0 saturated carbocycles. The number of nitrogens with zero attached hydrogens (tertiary/aromatic N) is 2. The normalized spacial score (nSPS) is 26.8. The summed E-state index contributed by atoms with van der Waals surface area (Å²) in [6, 6.07) is 10.4. The smallest absolute Gasteiger partial charge is 0.328 e. The van der Waals surface area contributed by atoms with Crippen LogP contribution < -0.4 is 0 Å². The van der Waals surface area contributed by atoms with Crippen LogP contribution >= 0.6 is 0 Å². The highest BCUT2D eigenvalue weighted by Gasteiger charge is 2.45. The number of carbonyl (C=O) groups is 2. The first-order valence-electron chi connectivity index (χ1n) is 10.6. The molecule has 1 aromatic rings. The van der Waals surface area contributed by atoms with E-state index >= 15 is 0 Å². The van der Waals surface area contributed by atoms with Crippen molar-refractivity contribution >= 4 is 11.9 Å². The molecule has 3 rings (SSSR count). The Morgan fingerprint density at radius 3 is 2.50 bits per heavy atom. The molecule has 5 heteroatoms. The number of benzene rings is 1. The highest BCUT2D eigenvalue weighted by atomic mass is 16.5. The summed E-state index contributed by atoms with van der Waals surface area (Å²) in [7, 11) is 1.39. The second-order valence-electron chi connectivity index (χ2n) is 8.71. The van der Waals surface area contributed by atoms with Crippen LogP contribution in [0.3, 0.4) is 0 Å². The Hall–Kier alpha value is -1.88. The summed E-state index contributed by atoms with van der Waals surface area (Å²) in [4.78, 5) is 29.8. The van der Waals surface area contributed by atoms with Gasteiger partial charge in [0.25, 0.3) is 0 Å². The monoisotopic (exact) mass is 386 g/mol. The first-order chi connectivity index (χ1) is 13.4. The molecule has 0 radical (unpaired) electrons. The Kier molecular flexibility index (Phi) is 6.76. The lowest BCUT2D eigenvalue weighted by Crippen LogP contribution is -2.51. The van der Waals surface area contributed by atoms with E-state index in [0.29, 0.717) is 24.4 Å². The zero-order valence-corrected chi connectivity index (χ0v) is 17.6. The van der Waals surface area contributed by atoms with Gasteiger partial charge in [0.05, 0.1) is 13.2 Å². The number of esters is 1. The van der Waals surface area contributed by atoms with E-state index < -0.39 is 6.04 Å². The van der Waals surface area contributed by atoms with Gasteiger partial charge in [0, 0.05) is 12.6 Å². The number of ether oxygens (including phenoxy) is 1. The van der Waals surface area contributed by atoms with Crippen LogP contribution in [0.25, 0.3) is 0 Å². The summed E-state index contributed by atoms with van der Waals surface area (Å²) in [5.41, 5.74) is 1.37. The SMILES string of the molecule is COC(=O)[C@H](C)N1CC[C@@H]2[C@H](Cc3ccccc3)CCN2[C@@H](CC(C)C)C1=O. The minimum atomic E-state index is -0.528. The number of hydrogen-bond acceptors (Lipinski definition) is 4. The van der Waals surface area contributed by atoms with Crippen LogP contribution in [-0.2, 0) is 20.7 Å². The minimum Gasteiger partial charge on any atom is -0.467 e. The molecule has 2 aliphatic rings. The van der Waals surface area contributed by atoms with Crippen LogP contribution in [0.5, 0.6) is 0 Å². The Balaban J connectivity index is 1.83. The largest absolute Gasteiger partial charge is 0.467 e. The molecule has 0 spiro atoms. The first-order valence-corrected chi connectivity index (χ1v) is 10.6. The van der Waals surface area contributed by atoms with E-state index in [0.717, 1.165) is 32.2 Å². The molecule has 28 heavy (non-hydrogen) atoms. The number of amides is 1. The van der Waals surface area contributed by atoms with Gasteiger partial charge in [0.1, 0.15) is 6.04 Å². The lowest BCUT2D eigenvalue weighted by Gasteiger charge is -2.34. The van der Waals surface area contributed by atoms with E-state index in [1.807, 2.05) is 0 Å². The van der Waals surface area contributed by atoms with Crippen molar-refractivity contribution in [3.8, 4) is 0 Å². The Morgan fingerprint density at radius 1 is 1.14 bits per heavy atom. The summed E-state index contributed by atoms with van der Waals surface area (Å²) in [6.07, 6.45) is 3.93. The summed E-state index contributed by atoms with van der Waals surface area (Å²) in [5.74, 6) is 0.739. The van der Waals surface area contributed by atoms with Gasteiger partial charge < -0.3 is 9.64 Å². The lowest BCUT2D eigenvalue weighted by atomic mass is 9.90.